The topological polar surface area (TPSA) is 113 Å². The lowest BCUT2D eigenvalue weighted by atomic mass is 10.2. The summed E-state index contributed by atoms with van der Waals surface area (Å²) < 4.78 is 48.0. The van der Waals surface area contributed by atoms with Crippen LogP contribution in [0.1, 0.15) is 5.89 Å². The maximum absolute atomic E-state index is 12.5. The molecule has 1 aromatic heterocycles. The van der Waals surface area contributed by atoms with Gasteiger partial charge in [0.1, 0.15) is 5.75 Å². The average molecular weight is 389 g/mol. The molecule has 9 nitrogen and oxygen atoms in total. The summed E-state index contributed by atoms with van der Waals surface area (Å²) >= 11 is 0. The van der Waals surface area contributed by atoms with Crippen molar-refractivity contribution in [2.75, 3.05) is 13.9 Å². The molecule has 1 aliphatic heterocycles. The average Bonchev–Trinajstić information content (AvgIpc) is 3.35. The number of ether oxygens (including phenoxy) is 3. The van der Waals surface area contributed by atoms with E-state index < -0.39 is 10.0 Å². The van der Waals surface area contributed by atoms with E-state index in [1.165, 1.54) is 12.1 Å². The van der Waals surface area contributed by atoms with Gasteiger partial charge in [0.25, 0.3) is 0 Å². The molecule has 140 valence electrons. The van der Waals surface area contributed by atoms with Crippen molar-refractivity contribution in [1.82, 2.24) is 14.9 Å². The van der Waals surface area contributed by atoms with Crippen LogP contribution in [0.4, 0.5) is 0 Å². The Bertz CT molecular complexity index is 1080. The molecule has 4 rings (SSSR count). The van der Waals surface area contributed by atoms with Crippen molar-refractivity contribution in [3.05, 3.63) is 48.4 Å². The monoisotopic (exact) mass is 389 g/mol. The molecule has 0 saturated heterocycles. The Morgan fingerprint density at radius 3 is 2.85 bits per heavy atom. The molecule has 1 aliphatic rings. The van der Waals surface area contributed by atoms with Crippen molar-refractivity contribution in [2.24, 2.45) is 0 Å². The van der Waals surface area contributed by atoms with E-state index in [0.717, 1.165) is 0 Å². The minimum atomic E-state index is -3.78. The molecule has 1 N–H and O–H groups in total. The van der Waals surface area contributed by atoms with Crippen LogP contribution in [0.5, 0.6) is 17.2 Å². The molecule has 0 unspecified atom stereocenters. The Labute approximate surface area is 154 Å². The van der Waals surface area contributed by atoms with Crippen LogP contribution in [-0.4, -0.2) is 32.5 Å². The first-order chi connectivity index (χ1) is 13.0. The molecule has 2 aromatic carbocycles. The summed E-state index contributed by atoms with van der Waals surface area (Å²) in [5.41, 5.74) is 0.697. The number of methoxy groups -OCH3 is 1. The van der Waals surface area contributed by atoms with E-state index in [1.54, 1.807) is 37.4 Å². The van der Waals surface area contributed by atoms with Gasteiger partial charge in [-0.1, -0.05) is 17.3 Å². The molecular formula is C17H15N3O6S. The lowest BCUT2D eigenvalue weighted by Gasteiger charge is -2.05. The molecule has 2 heterocycles. The normalized spacial score (nSPS) is 12.9. The summed E-state index contributed by atoms with van der Waals surface area (Å²) in [7, 11) is -2.22. The zero-order valence-corrected chi connectivity index (χ0v) is 15.0. The van der Waals surface area contributed by atoms with E-state index in [1.807, 2.05) is 0 Å². The molecule has 3 aromatic rings. The van der Waals surface area contributed by atoms with E-state index in [-0.39, 0.29) is 24.1 Å². The van der Waals surface area contributed by atoms with E-state index in [0.29, 0.717) is 28.6 Å². The third kappa shape index (κ3) is 3.57. The number of hydrogen-bond acceptors (Lipinski definition) is 8. The van der Waals surface area contributed by atoms with Gasteiger partial charge in [-0.2, -0.15) is 4.98 Å². The van der Waals surface area contributed by atoms with E-state index in [9.17, 15) is 8.42 Å². The summed E-state index contributed by atoms with van der Waals surface area (Å²) in [5, 5.41) is 3.87. The highest BCUT2D eigenvalue weighted by atomic mass is 32.2. The largest absolute Gasteiger partial charge is 0.497 e. The summed E-state index contributed by atoms with van der Waals surface area (Å²) in [4.78, 5) is 4.26. The molecule has 0 amide bonds. The molecule has 0 saturated carbocycles. The van der Waals surface area contributed by atoms with E-state index >= 15 is 0 Å². The van der Waals surface area contributed by atoms with Crippen LogP contribution < -0.4 is 18.9 Å². The highest BCUT2D eigenvalue weighted by molar-refractivity contribution is 7.89. The minimum absolute atomic E-state index is 0.0549. The van der Waals surface area contributed by atoms with Gasteiger partial charge in [-0.05, 0) is 24.3 Å². The molecule has 0 radical (unpaired) electrons. The molecule has 0 spiro atoms. The van der Waals surface area contributed by atoms with E-state index in [4.69, 9.17) is 18.7 Å². The Hall–Kier alpha value is -3.11. The van der Waals surface area contributed by atoms with Crippen LogP contribution in [0, 0.1) is 0 Å². The Morgan fingerprint density at radius 1 is 1.15 bits per heavy atom. The number of sulfonamides is 1. The predicted octanol–water partition coefficient (Wildman–Crippen LogP) is 1.95. The molecule has 0 bridgehead atoms. The Morgan fingerprint density at radius 2 is 2.00 bits per heavy atom. The van der Waals surface area contributed by atoms with Gasteiger partial charge in [0.15, 0.2) is 11.5 Å². The van der Waals surface area contributed by atoms with Gasteiger partial charge < -0.3 is 18.7 Å². The maximum atomic E-state index is 12.5. The lowest BCUT2D eigenvalue weighted by molar-refractivity contribution is 0.174. The van der Waals surface area contributed by atoms with Crippen molar-refractivity contribution in [2.45, 2.75) is 11.4 Å². The quantitative estimate of drug-likeness (QED) is 0.681. The smallest absolute Gasteiger partial charge is 0.242 e. The molecule has 0 aliphatic carbocycles. The highest BCUT2D eigenvalue weighted by Gasteiger charge is 2.21. The number of hydrogen-bond donors (Lipinski definition) is 1. The van der Waals surface area contributed by atoms with Gasteiger partial charge >= 0.3 is 0 Å². The summed E-state index contributed by atoms with van der Waals surface area (Å²) in [5.74, 6) is 2.02. The van der Waals surface area contributed by atoms with Gasteiger partial charge in [0.2, 0.25) is 28.5 Å². The van der Waals surface area contributed by atoms with Crippen molar-refractivity contribution in [3.8, 4) is 28.6 Å². The summed E-state index contributed by atoms with van der Waals surface area (Å²) in [6.07, 6.45) is 0. The first-order valence-corrected chi connectivity index (χ1v) is 9.40. The first kappa shape index (κ1) is 17.3. The van der Waals surface area contributed by atoms with Crippen LogP contribution in [-0.2, 0) is 16.6 Å². The molecular weight excluding hydrogens is 374 g/mol. The SMILES string of the molecule is COc1cccc(-c2noc(CNS(=O)(=O)c3ccc4c(c3)OCO4)n2)c1. The second-order valence-corrected chi connectivity index (χ2v) is 7.35. The number of rotatable bonds is 6. The van der Waals surface area contributed by atoms with Crippen LogP contribution in [0.15, 0.2) is 51.9 Å². The Balaban J connectivity index is 1.48. The summed E-state index contributed by atoms with van der Waals surface area (Å²) in [6.45, 7) is -0.0744. The molecule has 0 fully saturated rings. The standard InChI is InChI=1S/C17H15N3O6S/c1-23-12-4-2-3-11(7-12)17-19-16(26-20-17)9-18-27(21,22)13-5-6-14-15(8-13)25-10-24-14/h2-8,18H,9-10H2,1H3. The predicted molar refractivity (Wildman–Crippen MR) is 92.9 cm³/mol. The van der Waals surface area contributed by atoms with Crippen LogP contribution in [0.2, 0.25) is 0 Å². The number of benzene rings is 2. The third-order valence-electron chi connectivity index (χ3n) is 3.86. The number of fused-ring (bicyclic) bond motifs is 1. The summed E-state index contributed by atoms with van der Waals surface area (Å²) in [6, 6.07) is 11.5. The van der Waals surface area contributed by atoms with Crippen molar-refractivity contribution < 1.29 is 27.2 Å². The zero-order valence-electron chi connectivity index (χ0n) is 14.2. The number of nitrogens with one attached hydrogen (secondary N) is 1. The van der Waals surface area contributed by atoms with Gasteiger partial charge in [0, 0.05) is 11.6 Å². The fourth-order valence-corrected chi connectivity index (χ4v) is 3.48. The second kappa shape index (κ2) is 6.89. The number of aromatic nitrogens is 2. The fourth-order valence-electron chi connectivity index (χ4n) is 2.49. The lowest BCUT2D eigenvalue weighted by Crippen LogP contribution is -2.23. The number of nitrogens with zero attached hydrogens (tertiary/aromatic N) is 2. The van der Waals surface area contributed by atoms with Crippen LogP contribution in [0.3, 0.4) is 0 Å². The van der Waals surface area contributed by atoms with E-state index in [2.05, 4.69) is 14.9 Å². The van der Waals surface area contributed by atoms with Gasteiger partial charge in [-0.3, -0.25) is 0 Å². The molecule has 27 heavy (non-hydrogen) atoms. The first-order valence-electron chi connectivity index (χ1n) is 7.91. The van der Waals surface area contributed by atoms with Gasteiger partial charge in [-0.15, -0.1) is 0 Å². The Kier molecular flexibility index (Phi) is 4.42. The maximum Gasteiger partial charge on any atom is 0.242 e. The van der Waals surface area contributed by atoms with Crippen LogP contribution in [0.25, 0.3) is 11.4 Å². The van der Waals surface area contributed by atoms with Gasteiger partial charge in [-0.25, -0.2) is 13.1 Å². The van der Waals surface area contributed by atoms with Crippen LogP contribution >= 0.6 is 0 Å². The van der Waals surface area contributed by atoms with Crippen molar-refractivity contribution in [3.63, 3.8) is 0 Å². The third-order valence-corrected chi connectivity index (χ3v) is 5.26. The second-order valence-electron chi connectivity index (χ2n) is 5.58. The highest BCUT2D eigenvalue weighted by Crippen LogP contribution is 2.33. The fraction of sp³-hybridized carbons (Fsp3) is 0.176. The molecule has 10 heteroatoms. The van der Waals surface area contributed by atoms with Crippen molar-refractivity contribution in [1.29, 1.82) is 0 Å². The minimum Gasteiger partial charge on any atom is -0.497 e. The zero-order chi connectivity index (χ0) is 18.9. The van der Waals surface area contributed by atoms with Crippen molar-refractivity contribution >= 4 is 10.0 Å². The van der Waals surface area contributed by atoms with Gasteiger partial charge in [0.05, 0.1) is 18.6 Å². The molecule has 0 atom stereocenters.